The molecule has 11 heteroatoms. The van der Waals surface area contributed by atoms with Crippen molar-refractivity contribution in [3.05, 3.63) is 89.2 Å². The smallest absolute Gasteiger partial charge is 0.264 e. The monoisotopic (exact) mass is 603 g/mol. The van der Waals surface area contributed by atoms with Crippen molar-refractivity contribution in [2.24, 2.45) is 0 Å². The molecule has 1 N–H and O–H groups in total. The summed E-state index contributed by atoms with van der Waals surface area (Å²) in [6, 6.07) is 17.1. The topological polar surface area (TPSA) is 96.0 Å². The van der Waals surface area contributed by atoms with Crippen LogP contribution in [0.1, 0.15) is 39.2 Å². The standard InChI is InChI=1S/C30H35ClFN3O5S/c1-5-21(3)33-30(37)28(6-2)34(19-22-11-10-12-24(17-22)40-4)29(36)20-35(23-15-16-27(32)26(31)18-23)41(38,39)25-13-8-7-9-14-25/h7-18,21,28H,5-6,19-20H2,1-4H3,(H,33,37)/t21-,28-/m1/s1. The van der Waals surface area contributed by atoms with E-state index in [0.29, 0.717) is 17.7 Å². The average Bonchev–Trinajstić information content (AvgIpc) is 2.97. The van der Waals surface area contributed by atoms with E-state index in [1.165, 1.54) is 30.2 Å². The number of carbonyl (C=O) groups is 2. The number of sulfonamides is 1. The lowest BCUT2D eigenvalue weighted by atomic mass is 10.1. The molecule has 0 saturated carbocycles. The number of benzene rings is 3. The lowest BCUT2D eigenvalue weighted by Crippen LogP contribution is -2.53. The van der Waals surface area contributed by atoms with Gasteiger partial charge in [-0.2, -0.15) is 0 Å². The van der Waals surface area contributed by atoms with E-state index in [9.17, 15) is 22.4 Å². The summed E-state index contributed by atoms with van der Waals surface area (Å²) in [5.41, 5.74) is 0.696. The number of methoxy groups -OCH3 is 1. The minimum atomic E-state index is -4.29. The lowest BCUT2D eigenvalue weighted by molar-refractivity contribution is -0.140. The molecule has 3 aromatic carbocycles. The Bertz CT molecular complexity index is 1460. The molecule has 3 aromatic rings. The fourth-order valence-electron chi connectivity index (χ4n) is 4.22. The molecule has 0 aliphatic rings. The molecule has 41 heavy (non-hydrogen) atoms. The van der Waals surface area contributed by atoms with E-state index in [2.05, 4.69) is 5.32 Å². The van der Waals surface area contributed by atoms with E-state index in [1.54, 1.807) is 49.4 Å². The summed E-state index contributed by atoms with van der Waals surface area (Å²) in [6.45, 7) is 4.95. The molecule has 0 heterocycles. The van der Waals surface area contributed by atoms with Crippen molar-refractivity contribution in [2.75, 3.05) is 18.0 Å². The molecular formula is C30H35ClFN3O5S. The number of hydrogen-bond donors (Lipinski definition) is 1. The van der Waals surface area contributed by atoms with E-state index in [0.717, 1.165) is 16.4 Å². The van der Waals surface area contributed by atoms with E-state index >= 15 is 0 Å². The van der Waals surface area contributed by atoms with Gasteiger partial charge in [0.15, 0.2) is 0 Å². The first-order valence-corrected chi connectivity index (χ1v) is 15.1. The van der Waals surface area contributed by atoms with Gasteiger partial charge < -0.3 is 15.0 Å². The number of anilines is 1. The summed E-state index contributed by atoms with van der Waals surface area (Å²) in [5.74, 6) is -1.13. The highest BCUT2D eigenvalue weighted by molar-refractivity contribution is 7.92. The molecule has 3 rings (SSSR count). The number of hydrogen-bond acceptors (Lipinski definition) is 5. The average molecular weight is 604 g/mol. The van der Waals surface area contributed by atoms with Gasteiger partial charge in [-0.15, -0.1) is 0 Å². The number of rotatable bonds is 13. The van der Waals surface area contributed by atoms with Crippen LogP contribution in [0.5, 0.6) is 5.75 Å². The quantitative estimate of drug-likeness (QED) is 0.282. The third-order valence-electron chi connectivity index (χ3n) is 6.68. The molecule has 0 aliphatic heterocycles. The van der Waals surface area contributed by atoms with E-state index < -0.39 is 34.3 Å². The lowest BCUT2D eigenvalue weighted by Gasteiger charge is -2.33. The second kappa shape index (κ2) is 14.3. The zero-order chi connectivity index (χ0) is 30.2. The van der Waals surface area contributed by atoms with Gasteiger partial charge in [0.25, 0.3) is 10.0 Å². The second-order valence-corrected chi connectivity index (χ2v) is 11.8. The second-order valence-electron chi connectivity index (χ2n) is 9.54. The highest BCUT2D eigenvalue weighted by atomic mass is 35.5. The van der Waals surface area contributed by atoms with Crippen molar-refractivity contribution >= 4 is 39.1 Å². The fraction of sp³-hybridized carbons (Fsp3) is 0.333. The molecule has 0 aromatic heterocycles. The highest BCUT2D eigenvalue weighted by Gasteiger charge is 2.34. The third kappa shape index (κ3) is 7.98. The summed E-state index contributed by atoms with van der Waals surface area (Å²) in [7, 11) is -2.76. The largest absolute Gasteiger partial charge is 0.497 e. The summed E-state index contributed by atoms with van der Waals surface area (Å²) in [6.07, 6.45) is 0.978. The molecule has 0 saturated heterocycles. The Labute approximate surface area is 246 Å². The zero-order valence-electron chi connectivity index (χ0n) is 23.5. The maximum Gasteiger partial charge on any atom is 0.264 e. The van der Waals surface area contributed by atoms with Crippen LogP contribution in [0.2, 0.25) is 5.02 Å². The molecule has 0 spiro atoms. The van der Waals surface area contributed by atoms with Crippen LogP contribution in [-0.4, -0.2) is 50.9 Å². The van der Waals surface area contributed by atoms with Gasteiger partial charge in [0, 0.05) is 12.6 Å². The van der Waals surface area contributed by atoms with Gasteiger partial charge in [0.1, 0.15) is 24.2 Å². The summed E-state index contributed by atoms with van der Waals surface area (Å²) < 4.78 is 47.8. The fourth-order valence-corrected chi connectivity index (χ4v) is 5.82. The number of carbonyl (C=O) groups excluding carboxylic acids is 2. The molecule has 0 unspecified atom stereocenters. The van der Waals surface area contributed by atoms with Crippen LogP contribution in [0, 0.1) is 5.82 Å². The molecule has 0 radical (unpaired) electrons. The van der Waals surface area contributed by atoms with Crippen molar-refractivity contribution < 1.29 is 27.1 Å². The van der Waals surface area contributed by atoms with Crippen molar-refractivity contribution in [3.8, 4) is 5.75 Å². The van der Waals surface area contributed by atoms with Gasteiger partial charge in [-0.05, 0) is 67.8 Å². The van der Waals surface area contributed by atoms with E-state index in [1.807, 2.05) is 13.8 Å². The molecular weight excluding hydrogens is 569 g/mol. The van der Waals surface area contributed by atoms with Gasteiger partial charge in [-0.3, -0.25) is 13.9 Å². The number of halogens is 2. The zero-order valence-corrected chi connectivity index (χ0v) is 25.1. The summed E-state index contributed by atoms with van der Waals surface area (Å²) >= 11 is 6.01. The Morgan fingerprint density at radius 1 is 1.00 bits per heavy atom. The Morgan fingerprint density at radius 2 is 1.71 bits per heavy atom. The van der Waals surface area contributed by atoms with Gasteiger partial charge >= 0.3 is 0 Å². The van der Waals surface area contributed by atoms with Crippen LogP contribution in [-0.2, 0) is 26.2 Å². The number of nitrogens with one attached hydrogen (secondary N) is 1. The van der Waals surface area contributed by atoms with Crippen LogP contribution >= 0.6 is 11.6 Å². The number of ether oxygens (including phenoxy) is 1. The van der Waals surface area contributed by atoms with Crippen molar-refractivity contribution in [3.63, 3.8) is 0 Å². The van der Waals surface area contributed by atoms with Crippen LogP contribution in [0.3, 0.4) is 0 Å². The van der Waals surface area contributed by atoms with Crippen molar-refractivity contribution in [1.82, 2.24) is 10.2 Å². The summed E-state index contributed by atoms with van der Waals surface area (Å²) in [5, 5.41) is 2.64. The van der Waals surface area contributed by atoms with Crippen molar-refractivity contribution in [2.45, 2.75) is 57.1 Å². The normalized spacial score (nSPS) is 12.7. The van der Waals surface area contributed by atoms with Crippen LogP contribution in [0.25, 0.3) is 0 Å². The highest BCUT2D eigenvalue weighted by Crippen LogP contribution is 2.28. The Hall–Kier alpha value is -3.63. The molecule has 2 atom stereocenters. The maximum atomic E-state index is 14.1. The van der Waals surface area contributed by atoms with E-state index in [-0.39, 0.29) is 40.5 Å². The van der Waals surface area contributed by atoms with Crippen LogP contribution in [0.4, 0.5) is 10.1 Å². The predicted molar refractivity (Wildman–Crippen MR) is 158 cm³/mol. The first-order chi connectivity index (χ1) is 19.5. The molecule has 0 fully saturated rings. The molecule has 0 aliphatic carbocycles. The summed E-state index contributed by atoms with van der Waals surface area (Å²) in [4.78, 5) is 28.7. The Balaban J connectivity index is 2.08. The van der Waals surface area contributed by atoms with Gasteiger partial charge in [0.2, 0.25) is 11.8 Å². The van der Waals surface area contributed by atoms with Gasteiger partial charge in [0.05, 0.1) is 22.7 Å². The third-order valence-corrected chi connectivity index (χ3v) is 8.75. The molecule has 220 valence electrons. The molecule has 8 nitrogen and oxygen atoms in total. The van der Waals surface area contributed by atoms with Gasteiger partial charge in [-0.25, -0.2) is 12.8 Å². The first-order valence-electron chi connectivity index (χ1n) is 13.3. The van der Waals surface area contributed by atoms with Crippen LogP contribution in [0.15, 0.2) is 77.7 Å². The SMILES string of the molecule is CC[C@@H](C)NC(=O)[C@@H](CC)N(Cc1cccc(OC)c1)C(=O)CN(c1ccc(F)c(Cl)c1)S(=O)(=O)c1ccccc1. The minimum Gasteiger partial charge on any atom is -0.497 e. The Kier molecular flexibility index (Phi) is 11.1. The number of amides is 2. The minimum absolute atomic E-state index is 0.00652. The maximum absolute atomic E-state index is 14.1. The molecule has 0 bridgehead atoms. The van der Waals surface area contributed by atoms with E-state index in [4.69, 9.17) is 16.3 Å². The van der Waals surface area contributed by atoms with Gasteiger partial charge in [-0.1, -0.05) is 55.8 Å². The van der Waals surface area contributed by atoms with Crippen LogP contribution < -0.4 is 14.4 Å². The number of nitrogens with zero attached hydrogens (tertiary/aromatic N) is 2. The Morgan fingerprint density at radius 3 is 2.32 bits per heavy atom. The first kappa shape index (κ1) is 31.9. The molecule has 2 amide bonds. The van der Waals surface area contributed by atoms with Crippen molar-refractivity contribution in [1.29, 1.82) is 0 Å². The predicted octanol–water partition coefficient (Wildman–Crippen LogP) is 5.41.